The third-order valence-corrected chi connectivity index (χ3v) is 4.19. The van der Waals surface area contributed by atoms with E-state index >= 15 is 0 Å². The van der Waals surface area contributed by atoms with E-state index in [9.17, 15) is 4.79 Å². The fourth-order valence-electron chi connectivity index (χ4n) is 2.07. The van der Waals surface area contributed by atoms with Gasteiger partial charge in [0.2, 0.25) is 0 Å². The quantitative estimate of drug-likeness (QED) is 0.803. The molecule has 0 aromatic heterocycles. The third kappa shape index (κ3) is 3.85. The van der Waals surface area contributed by atoms with Gasteiger partial charge in [0, 0.05) is 16.3 Å². The number of amides is 1. The van der Waals surface area contributed by atoms with Crippen LogP contribution in [0.3, 0.4) is 0 Å². The molecular formula is C18H20ClNO. The van der Waals surface area contributed by atoms with Crippen molar-refractivity contribution in [1.29, 1.82) is 0 Å². The second-order valence-corrected chi connectivity index (χ2v) is 5.76. The number of rotatable bonds is 4. The molecule has 0 unspecified atom stereocenters. The standard InChI is InChI=1S/C18H20ClNO/c1-4-12(2)14-7-9-16(10-8-14)20-18(21)15-6-5-13(3)17(19)11-15/h5-12H,4H2,1-3H3,(H,20,21)/t12-/m1/s1. The summed E-state index contributed by atoms with van der Waals surface area (Å²) < 4.78 is 0. The first-order chi connectivity index (χ1) is 10.0. The zero-order chi connectivity index (χ0) is 15.4. The number of carbonyl (C=O) groups excluding carboxylic acids is 1. The maximum Gasteiger partial charge on any atom is 0.255 e. The van der Waals surface area contributed by atoms with Gasteiger partial charge in [0.15, 0.2) is 0 Å². The molecule has 2 aromatic rings. The van der Waals surface area contributed by atoms with Gasteiger partial charge in [-0.05, 0) is 54.7 Å². The van der Waals surface area contributed by atoms with Crippen LogP contribution in [0.4, 0.5) is 5.69 Å². The summed E-state index contributed by atoms with van der Waals surface area (Å²) in [4.78, 5) is 12.2. The highest BCUT2D eigenvalue weighted by molar-refractivity contribution is 6.31. The average Bonchev–Trinajstić information content (AvgIpc) is 2.50. The molecule has 1 atom stereocenters. The van der Waals surface area contributed by atoms with E-state index in [4.69, 9.17) is 11.6 Å². The first-order valence-electron chi connectivity index (χ1n) is 7.18. The van der Waals surface area contributed by atoms with E-state index in [1.165, 1.54) is 5.56 Å². The molecule has 0 radical (unpaired) electrons. The summed E-state index contributed by atoms with van der Waals surface area (Å²) in [5, 5.41) is 3.50. The lowest BCUT2D eigenvalue weighted by molar-refractivity contribution is 0.102. The van der Waals surface area contributed by atoms with Gasteiger partial charge in [-0.1, -0.05) is 43.6 Å². The second kappa shape index (κ2) is 6.77. The van der Waals surface area contributed by atoms with Crippen LogP contribution < -0.4 is 5.32 Å². The van der Waals surface area contributed by atoms with Crippen LogP contribution in [0.5, 0.6) is 0 Å². The van der Waals surface area contributed by atoms with Crippen LogP contribution in [-0.4, -0.2) is 5.91 Å². The van der Waals surface area contributed by atoms with Crippen molar-refractivity contribution in [2.24, 2.45) is 0 Å². The van der Waals surface area contributed by atoms with Crippen LogP contribution in [0.15, 0.2) is 42.5 Å². The number of nitrogens with one attached hydrogen (secondary N) is 1. The number of hydrogen-bond donors (Lipinski definition) is 1. The fraction of sp³-hybridized carbons (Fsp3) is 0.278. The summed E-state index contributed by atoms with van der Waals surface area (Å²) in [6.07, 6.45) is 1.10. The Labute approximate surface area is 131 Å². The highest BCUT2D eigenvalue weighted by Crippen LogP contribution is 2.21. The second-order valence-electron chi connectivity index (χ2n) is 5.35. The van der Waals surface area contributed by atoms with E-state index in [1.54, 1.807) is 12.1 Å². The molecule has 2 aromatic carbocycles. The number of benzene rings is 2. The first kappa shape index (κ1) is 15.6. The Morgan fingerprint density at radius 1 is 1.19 bits per heavy atom. The predicted octanol–water partition coefficient (Wildman–Crippen LogP) is 5.41. The largest absolute Gasteiger partial charge is 0.322 e. The molecule has 0 saturated heterocycles. The normalized spacial score (nSPS) is 12.0. The summed E-state index contributed by atoms with van der Waals surface area (Å²) in [5.41, 5.74) is 3.61. The highest BCUT2D eigenvalue weighted by atomic mass is 35.5. The van der Waals surface area contributed by atoms with Crippen molar-refractivity contribution in [3.8, 4) is 0 Å². The molecule has 0 fully saturated rings. The van der Waals surface area contributed by atoms with Gasteiger partial charge in [0.1, 0.15) is 0 Å². The van der Waals surface area contributed by atoms with Crippen LogP contribution in [0.2, 0.25) is 5.02 Å². The van der Waals surface area contributed by atoms with Crippen molar-refractivity contribution in [1.82, 2.24) is 0 Å². The van der Waals surface area contributed by atoms with Gasteiger partial charge in [0.05, 0.1) is 0 Å². The molecule has 3 heteroatoms. The van der Waals surface area contributed by atoms with Crippen LogP contribution in [0, 0.1) is 6.92 Å². The van der Waals surface area contributed by atoms with E-state index in [1.807, 2.05) is 25.1 Å². The Hall–Kier alpha value is -1.80. The van der Waals surface area contributed by atoms with Crippen LogP contribution in [0.25, 0.3) is 0 Å². The lowest BCUT2D eigenvalue weighted by atomic mass is 9.98. The smallest absolute Gasteiger partial charge is 0.255 e. The molecule has 0 bridgehead atoms. The highest BCUT2D eigenvalue weighted by Gasteiger charge is 2.08. The molecule has 21 heavy (non-hydrogen) atoms. The maximum absolute atomic E-state index is 12.2. The molecule has 110 valence electrons. The van der Waals surface area contributed by atoms with Crippen molar-refractivity contribution >= 4 is 23.2 Å². The molecular weight excluding hydrogens is 282 g/mol. The van der Waals surface area contributed by atoms with Crippen LogP contribution in [0.1, 0.15) is 47.7 Å². The lowest BCUT2D eigenvalue weighted by Crippen LogP contribution is -2.12. The van der Waals surface area contributed by atoms with Gasteiger partial charge in [0.25, 0.3) is 5.91 Å². The summed E-state index contributed by atoms with van der Waals surface area (Å²) >= 11 is 6.05. The van der Waals surface area contributed by atoms with Crippen LogP contribution in [-0.2, 0) is 0 Å². The van der Waals surface area contributed by atoms with E-state index in [0.717, 1.165) is 17.7 Å². The number of aryl methyl sites for hydroxylation is 1. The van der Waals surface area contributed by atoms with Gasteiger partial charge < -0.3 is 5.32 Å². The minimum absolute atomic E-state index is 0.145. The molecule has 1 N–H and O–H groups in total. The van der Waals surface area contributed by atoms with E-state index < -0.39 is 0 Å². The summed E-state index contributed by atoms with van der Waals surface area (Å²) in [6.45, 7) is 6.28. The van der Waals surface area contributed by atoms with Gasteiger partial charge in [-0.2, -0.15) is 0 Å². The number of hydrogen-bond acceptors (Lipinski definition) is 1. The minimum atomic E-state index is -0.145. The van der Waals surface area contributed by atoms with Crippen molar-refractivity contribution in [2.75, 3.05) is 5.32 Å². The Balaban J connectivity index is 2.10. The molecule has 0 aliphatic heterocycles. The summed E-state index contributed by atoms with van der Waals surface area (Å²) in [5.74, 6) is 0.388. The van der Waals surface area contributed by atoms with E-state index in [0.29, 0.717) is 16.5 Å². The van der Waals surface area contributed by atoms with Gasteiger partial charge in [-0.15, -0.1) is 0 Å². The third-order valence-electron chi connectivity index (χ3n) is 3.78. The predicted molar refractivity (Wildman–Crippen MR) is 89.3 cm³/mol. The number of halogens is 1. The fourth-order valence-corrected chi connectivity index (χ4v) is 2.25. The van der Waals surface area contributed by atoms with Crippen molar-refractivity contribution < 1.29 is 4.79 Å². The van der Waals surface area contributed by atoms with Gasteiger partial charge in [-0.25, -0.2) is 0 Å². The molecule has 0 heterocycles. The monoisotopic (exact) mass is 301 g/mol. The SMILES string of the molecule is CC[C@@H](C)c1ccc(NC(=O)c2ccc(C)c(Cl)c2)cc1. The van der Waals surface area contributed by atoms with Gasteiger partial charge >= 0.3 is 0 Å². The Morgan fingerprint density at radius 2 is 1.86 bits per heavy atom. The van der Waals surface area contributed by atoms with E-state index in [2.05, 4.69) is 31.3 Å². The average molecular weight is 302 g/mol. The number of carbonyl (C=O) groups is 1. The Bertz CT molecular complexity index is 634. The molecule has 1 amide bonds. The molecule has 0 aliphatic carbocycles. The van der Waals surface area contributed by atoms with Crippen molar-refractivity contribution in [3.63, 3.8) is 0 Å². The Kier molecular flexibility index (Phi) is 5.03. The number of anilines is 1. The van der Waals surface area contributed by atoms with E-state index in [-0.39, 0.29) is 5.91 Å². The van der Waals surface area contributed by atoms with Crippen LogP contribution >= 0.6 is 11.6 Å². The molecule has 0 spiro atoms. The van der Waals surface area contributed by atoms with Crippen molar-refractivity contribution in [2.45, 2.75) is 33.1 Å². The summed E-state index contributed by atoms with van der Waals surface area (Å²) in [7, 11) is 0. The topological polar surface area (TPSA) is 29.1 Å². The maximum atomic E-state index is 12.2. The molecule has 2 nitrogen and oxygen atoms in total. The van der Waals surface area contributed by atoms with Gasteiger partial charge in [-0.3, -0.25) is 4.79 Å². The zero-order valence-electron chi connectivity index (χ0n) is 12.6. The lowest BCUT2D eigenvalue weighted by Gasteiger charge is -2.11. The molecule has 0 saturated carbocycles. The minimum Gasteiger partial charge on any atom is -0.322 e. The van der Waals surface area contributed by atoms with Crippen molar-refractivity contribution in [3.05, 3.63) is 64.2 Å². The molecule has 2 rings (SSSR count). The molecule has 0 aliphatic rings. The summed E-state index contributed by atoms with van der Waals surface area (Å²) in [6, 6.07) is 13.3. The first-order valence-corrected chi connectivity index (χ1v) is 7.56. The Morgan fingerprint density at radius 3 is 2.43 bits per heavy atom. The zero-order valence-corrected chi connectivity index (χ0v) is 13.4.